The Kier molecular flexibility index (Phi) is 7.08. The number of hydrogen-bond donors (Lipinski definition) is 1. The molecule has 0 radical (unpaired) electrons. The first-order valence-electron chi connectivity index (χ1n) is 10.6. The van der Waals surface area contributed by atoms with Gasteiger partial charge in [-0.05, 0) is 38.4 Å². The highest BCUT2D eigenvalue weighted by molar-refractivity contribution is 5.30. The van der Waals surface area contributed by atoms with E-state index in [0.29, 0.717) is 5.89 Å². The molecule has 1 aliphatic carbocycles. The Labute approximate surface area is 163 Å². The summed E-state index contributed by atoms with van der Waals surface area (Å²) in [5.41, 5.74) is -0.248. The summed E-state index contributed by atoms with van der Waals surface area (Å²) in [5, 5.41) is 11.8. The zero-order chi connectivity index (χ0) is 19.1. The average Bonchev–Trinajstić information content (AvgIpc) is 3.18. The summed E-state index contributed by atoms with van der Waals surface area (Å²) < 4.78 is 6.13. The van der Waals surface area contributed by atoms with Crippen molar-refractivity contribution in [3.05, 3.63) is 53.7 Å². The smallest absolute Gasteiger partial charge is 0.231 e. The van der Waals surface area contributed by atoms with Crippen LogP contribution in [0.4, 0.5) is 0 Å². The van der Waals surface area contributed by atoms with Crippen molar-refractivity contribution in [2.45, 2.75) is 70.4 Å². The lowest BCUT2D eigenvalue weighted by Gasteiger charge is -2.36. The maximum atomic E-state index is 11.8. The van der Waals surface area contributed by atoms with E-state index < -0.39 is 5.60 Å². The van der Waals surface area contributed by atoms with E-state index in [0.717, 1.165) is 50.1 Å². The molecule has 1 unspecified atom stereocenters. The summed E-state index contributed by atoms with van der Waals surface area (Å²) in [4.78, 5) is 6.81. The predicted octanol–water partition coefficient (Wildman–Crippen LogP) is 5.11. The fourth-order valence-electron chi connectivity index (χ4n) is 4.28. The van der Waals surface area contributed by atoms with E-state index in [1.54, 1.807) is 6.20 Å². The van der Waals surface area contributed by atoms with Crippen LogP contribution >= 0.6 is 0 Å². The van der Waals surface area contributed by atoms with Gasteiger partial charge in [-0.25, -0.2) is 4.98 Å². The van der Waals surface area contributed by atoms with Gasteiger partial charge in [0.2, 0.25) is 5.89 Å². The van der Waals surface area contributed by atoms with Crippen LogP contribution in [-0.2, 0) is 12.1 Å². The second-order valence-corrected chi connectivity index (χ2v) is 8.04. The van der Waals surface area contributed by atoms with Crippen LogP contribution < -0.4 is 0 Å². The lowest BCUT2D eigenvalue weighted by Crippen LogP contribution is -2.38. The Hall–Kier alpha value is -1.65. The van der Waals surface area contributed by atoms with Crippen LogP contribution in [0.3, 0.4) is 0 Å². The molecule has 0 spiro atoms. The van der Waals surface area contributed by atoms with Gasteiger partial charge in [0.05, 0.1) is 12.7 Å². The van der Waals surface area contributed by atoms with Crippen LogP contribution in [0.5, 0.6) is 0 Å². The van der Waals surface area contributed by atoms with Gasteiger partial charge in [-0.1, -0.05) is 69.4 Å². The van der Waals surface area contributed by atoms with Gasteiger partial charge in [0, 0.05) is 5.92 Å². The van der Waals surface area contributed by atoms with E-state index in [-0.39, 0.29) is 5.92 Å². The van der Waals surface area contributed by atoms with Crippen molar-refractivity contribution in [3.63, 3.8) is 0 Å². The quantitative estimate of drug-likeness (QED) is 0.623. The van der Waals surface area contributed by atoms with Gasteiger partial charge < -0.3 is 9.52 Å². The normalized spacial score (nSPS) is 17.9. The number of oxazole rings is 1. The van der Waals surface area contributed by atoms with E-state index >= 15 is 0 Å². The molecule has 0 aliphatic heterocycles. The number of aliphatic hydroxyl groups is 1. The van der Waals surface area contributed by atoms with E-state index in [1.807, 2.05) is 30.3 Å². The molecule has 27 heavy (non-hydrogen) atoms. The molecule has 2 aromatic rings. The first-order valence-corrected chi connectivity index (χ1v) is 10.6. The minimum atomic E-state index is -1.14. The van der Waals surface area contributed by atoms with E-state index in [1.165, 1.54) is 25.7 Å². The summed E-state index contributed by atoms with van der Waals surface area (Å²) in [6, 6.07) is 9.94. The summed E-state index contributed by atoms with van der Waals surface area (Å²) in [6.07, 6.45) is 11.1. The third kappa shape index (κ3) is 4.80. The van der Waals surface area contributed by atoms with Crippen molar-refractivity contribution < 1.29 is 9.52 Å². The highest BCUT2D eigenvalue weighted by atomic mass is 16.4. The Morgan fingerprint density at radius 3 is 2.59 bits per heavy atom. The molecular weight excluding hydrogens is 336 g/mol. The first kappa shape index (κ1) is 20.1. The SMILES string of the molecule is CCCCCN(C)Cc1cnc(C(O)(c2ccccc2)C2CCCCC2)o1. The predicted molar refractivity (Wildman–Crippen MR) is 108 cm³/mol. The second kappa shape index (κ2) is 9.52. The summed E-state index contributed by atoms with van der Waals surface area (Å²) in [7, 11) is 2.11. The zero-order valence-corrected chi connectivity index (χ0v) is 16.9. The van der Waals surface area contributed by atoms with Crippen LogP contribution in [-0.4, -0.2) is 28.6 Å². The molecule has 1 N–H and O–H groups in total. The molecule has 4 nitrogen and oxygen atoms in total. The van der Waals surface area contributed by atoms with Crippen molar-refractivity contribution in [3.8, 4) is 0 Å². The lowest BCUT2D eigenvalue weighted by molar-refractivity contribution is -0.0242. The highest BCUT2D eigenvalue weighted by Crippen LogP contribution is 2.43. The average molecular weight is 371 g/mol. The number of hydrogen-bond acceptors (Lipinski definition) is 4. The van der Waals surface area contributed by atoms with Gasteiger partial charge in [-0.3, -0.25) is 4.90 Å². The number of nitrogens with zero attached hydrogens (tertiary/aromatic N) is 2. The highest BCUT2D eigenvalue weighted by Gasteiger charge is 2.44. The van der Waals surface area contributed by atoms with Crippen molar-refractivity contribution in [2.24, 2.45) is 5.92 Å². The molecule has 1 atom stereocenters. The Bertz CT molecular complexity index is 679. The lowest BCUT2D eigenvalue weighted by atomic mass is 9.73. The maximum Gasteiger partial charge on any atom is 0.231 e. The van der Waals surface area contributed by atoms with E-state index in [9.17, 15) is 5.11 Å². The minimum absolute atomic E-state index is 0.155. The third-order valence-electron chi connectivity index (χ3n) is 5.86. The van der Waals surface area contributed by atoms with Crippen molar-refractivity contribution in [1.29, 1.82) is 0 Å². The molecule has 1 aromatic carbocycles. The first-order chi connectivity index (χ1) is 13.1. The van der Waals surface area contributed by atoms with E-state index in [2.05, 4.69) is 23.9 Å². The molecule has 1 heterocycles. The number of aromatic nitrogens is 1. The zero-order valence-electron chi connectivity index (χ0n) is 16.9. The van der Waals surface area contributed by atoms with Crippen LogP contribution in [0.15, 0.2) is 40.9 Å². The molecule has 148 valence electrons. The van der Waals surface area contributed by atoms with Crippen molar-refractivity contribution in [1.82, 2.24) is 9.88 Å². The Morgan fingerprint density at radius 1 is 1.15 bits per heavy atom. The molecule has 1 aromatic heterocycles. The van der Waals surface area contributed by atoms with Crippen LogP contribution in [0.1, 0.15) is 75.5 Å². The summed E-state index contributed by atoms with van der Waals surface area (Å²) in [6.45, 7) is 4.00. The molecule has 1 aliphatic rings. The second-order valence-electron chi connectivity index (χ2n) is 8.04. The monoisotopic (exact) mass is 370 g/mol. The van der Waals surface area contributed by atoms with E-state index in [4.69, 9.17) is 4.42 Å². The van der Waals surface area contributed by atoms with Crippen molar-refractivity contribution >= 4 is 0 Å². The molecule has 1 saturated carbocycles. The minimum Gasteiger partial charge on any atom is -0.441 e. The fraction of sp³-hybridized carbons (Fsp3) is 0.609. The Morgan fingerprint density at radius 2 is 1.89 bits per heavy atom. The van der Waals surface area contributed by atoms with Gasteiger partial charge in [-0.15, -0.1) is 0 Å². The molecule has 0 bridgehead atoms. The summed E-state index contributed by atoms with van der Waals surface area (Å²) in [5.74, 6) is 1.44. The molecule has 4 heteroatoms. The van der Waals surface area contributed by atoms with Gasteiger partial charge >= 0.3 is 0 Å². The molecule has 0 saturated heterocycles. The van der Waals surface area contributed by atoms with Gasteiger partial charge in [0.25, 0.3) is 0 Å². The van der Waals surface area contributed by atoms with Gasteiger partial charge in [0.1, 0.15) is 5.76 Å². The number of benzene rings is 1. The van der Waals surface area contributed by atoms with Crippen LogP contribution in [0, 0.1) is 5.92 Å². The molecule has 0 amide bonds. The van der Waals surface area contributed by atoms with Gasteiger partial charge in [0.15, 0.2) is 5.60 Å². The fourth-order valence-corrected chi connectivity index (χ4v) is 4.28. The molecule has 1 fully saturated rings. The molecular formula is C23H34N2O2. The topological polar surface area (TPSA) is 49.5 Å². The van der Waals surface area contributed by atoms with Crippen LogP contribution in [0.2, 0.25) is 0 Å². The number of unbranched alkanes of at least 4 members (excludes halogenated alkanes) is 2. The van der Waals surface area contributed by atoms with Crippen molar-refractivity contribution in [2.75, 3.05) is 13.6 Å². The van der Waals surface area contributed by atoms with Crippen LogP contribution in [0.25, 0.3) is 0 Å². The van der Waals surface area contributed by atoms with Gasteiger partial charge in [-0.2, -0.15) is 0 Å². The number of rotatable bonds is 9. The summed E-state index contributed by atoms with van der Waals surface area (Å²) >= 11 is 0. The Balaban J connectivity index is 1.80. The maximum absolute atomic E-state index is 11.8. The largest absolute Gasteiger partial charge is 0.441 e. The third-order valence-corrected chi connectivity index (χ3v) is 5.86. The standard InChI is InChI=1S/C23H34N2O2/c1-3-4-11-16-25(2)18-21-17-24-22(27-21)23(26,19-12-7-5-8-13-19)20-14-9-6-10-15-20/h5,7-8,12-13,17,20,26H,3-4,6,9-11,14-16,18H2,1-2H3. The molecule has 3 rings (SSSR count).